The third-order valence-corrected chi connectivity index (χ3v) is 6.41. The van der Waals surface area contributed by atoms with Crippen LogP contribution in [0, 0.1) is 20.8 Å². The van der Waals surface area contributed by atoms with Crippen molar-refractivity contribution in [1.29, 1.82) is 0 Å². The van der Waals surface area contributed by atoms with Gasteiger partial charge in [0.2, 0.25) is 0 Å². The highest BCUT2D eigenvalue weighted by Gasteiger charge is 2.42. The molecule has 0 unspecified atom stereocenters. The monoisotopic (exact) mass is 439 g/mol. The number of nitrogens with zero attached hydrogens (tertiary/aromatic N) is 4. The molecule has 1 aliphatic heterocycles. The van der Waals surface area contributed by atoms with E-state index in [4.69, 9.17) is 12.2 Å². The lowest BCUT2D eigenvalue weighted by molar-refractivity contribution is 0.548. The molecular weight excluding hydrogens is 414 g/mol. The Morgan fingerprint density at radius 3 is 2.50 bits per heavy atom. The standard InChI is InChI=1S/C26H25N5S/c1-17-9-12-23(28-16-17)30-14-6-8-22(30)25-24(21-7-4-5-13-27-21)29-26(32)31(25)20-11-10-18(2)19(3)15-20/h4-16,24-25H,1-3H3,(H,29,32)/t24-,25-/m1/s1. The minimum absolute atomic E-state index is 0.0855. The minimum Gasteiger partial charge on any atom is -0.351 e. The molecule has 3 aromatic heterocycles. The molecule has 0 amide bonds. The lowest BCUT2D eigenvalue weighted by Gasteiger charge is -2.29. The van der Waals surface area contributed by atoms with Gasteiger partial charge in [0.25, 0.3) is 0 Å². The smallest absolute Gasteiger partial charge is 0.174 e. The molecule has 5 rings (SSSR count). The minimum atomic E-state index is -0.0931. The van der Waals surface area contributed by atoms with E-state index in [2.05, 4.69) is 93.3 Å². The first-order chi connectivity index (χ1) is 15.5. The van der Waals surface area contributed by atoms with Crippen LogP contribution in [0.5, 0.6) is 0 Å². The molecule has 0 bridgehead atoms. The molecule has 6 heteroatoms. The molecule has 1 saturated heterocycles. The first kappa shape index (κ1) is 20.4. The lowest BCUT2D eigenvalue weighted by atomic mass is 10.00. The van der Waals surface area contributed by atoms with E-state index in [0.717, 1.165) is 28.5 Å². The molecule has 1 aromatic carbocycles. The van der Waals surface area contributed by atoms with Crippen molar-refractivity contribution in [3.63, 3.8) is 0 Å². The van der Waals surface area contributed by atoms with Crippen LogP contribution in [-0.2, 0) is 0 Å². The average Bonchev–Trinajstić information content (AvgIpc) is 3.41. The zero-order valence-electron chi connectivity index (χ0n) is 18.4. The zero-order chi connectivity index (χ0) is 22.2. The fraction of sp³-hybridized carbons (Fsp3) is 0.192. The number of thiocarbonyl (C=S) groups is 1. The number of hydrogen-bond acceptors (Lipinski definition) is 3. The van der Waals surface area contributed by atoms with E-state index in [0.29, 0.717) is 5.11 Å². The SMILES string of the molecule is Cc1ccc(-n2cccc2[C@@H]2[C@@H](c3ccccn3)NC(=S)N2c2ccc(C)c(C)c2)nc1. The molecular formula is C26H25N5S. The summed E-state index contributed by atoms with van der Waals surface area (Å²) in [5, 5.41) is 4.23. The number of aryl methyl sites for hydroxylation is 3. The molecule has 1 N–H and O–H groups in total. The summed E-state index contributed by atoms with van der Waals surface area (Å²) in [7, 11) is 0. The molecule has 0 spiro atoms. The molecule has 0 radical (unpaired) electrons. The maximum atomic E-state index is 5.87. The largest absolute Gasteiger partial charge is 0.351 e. The Kier molecular flexibility index (Phi) is 5.23. The maximum Gasteiger partial charge on any atom is 0.174 e. The quantitative estimate of drug-likeness (QED) is 0.433. The average molecular weight is 440 g/mol. The number of benzene rings is 1. The number of hydrogen-bond donors (Lipinski definition) is 1. The first-order valence-electron chi connectivity index (χ1n) is 10.7. The highest BCUT2D eigenvalue weighted by atomic mass is 32.1. The second kappa shape index (κ2) is 8.20. The molecule has 0 saturated carbocycles. The van der Waals surface area contributed by atoms with Crippen LogP contribution in [0.3, 0.4) is 0 Å². The fourth-order valence-corrected chi connectivity index (χ4v) is 4.60. The van der Waals surface area contributed by atoms with Gasteiger partial charge in [0.15, 0.2) is 5.11 Å². The van der Waals surface area contributed by atoms with E-state index in [1.54, 1.807) is 0 Å². The molecule has 2 atom stereocenters. The van der Waals surface area contributed by atoms with E-state index >= 15 is 0 Å². The van der Waals surface area contributed by atoms with E-state index in [-0.39, 0.29) is 12.1 Å². The molecule has 4 heterocycles. The third-order valence-electron chi connectivity index (χ3n) is 6.09. The molecule has 32 heavy (non-hydrogen) atoms. The van der Waals surface area contributed by atoms with Gasteiger partial charge in [0, 0.05) is 30.0 Å². The zero-order valence-corrected chi connectivity index (χ0v) is 19.2. The Labute approximate surface area is 193 Å². The predicted octanol–water partition coefficient (Wildman–Crippen LogP) is 5.37. The van der Waals surface area contributed by atoms with Gasteiger partial charge in [-0.05, 0) is 92.1 Å². The van der Waals surface area contributed by atoms with Crippen LogP contribution >= 0.6 is 12.2 Å². The Hall–Kier alpha value is -3.51. The van der Waals surface area contributed by atoms with Gasteiger partial charge in [-0.25, -0.2) is 4.98 Å². The van der Waals surface area contributed by atoms with Crippen molar-refractivity contribution in [2.24, 2.45) is 0 Å². The molecule has 4 aromatic rings. The topological polar surface area (TPSA) is 46.0 Å². The highest BCUT2D eigenvalue weighted by Crippen LogP contribution is 2.42. The van der Waals surface area contributed by atoms with Gasteiger partial charge in [-0.2, -0.15) is 0 Å². The summed E-state index contributed by atoms with van der Waals surface area (Å²) < 4.78 is 2.14. The van der Waals surface area contributed by atoms with Gasteiger partial charge in [0.1, 0.15) is 11.9 Å². The maximum absolute atomic E-state index is 5.87. The number of anilines is 1. The van der Waals surface area contributed by atoms with Gasteiger partial charge in [-0.1, -0.05) is 18.2 Å². The molecule has 1 fully saturated rings. The Bertz CT molecular complexity index is 1260. The lowest BCUT2D eigenvalue weighted by Crippen LogP contribution is -2.30. The predicted molar refractivity (Wildman–Crippen MR) is 132 cm³/mol. The third kappa shape index (κ3) is 3.56. The van der Waals surface area contributed by atoms with Crippen LogP contribution in [0.1, 0.15) is 40.2 Å². The number of nitrogens with one attached hydrogen (secondary N) is 1. The summed E-state index contributed by atoms with van der Waals surface area (Å²) in [6, 6.07) is 20.7. The van der Waals surface area contributed by atoms with Gasteiger partial charge < -0.3 is 14.8 Å². The molecule has 0 aliphatic carbocycles. The molecule has 1 aliphatic rings. The van der Waals surface area contributed by atoms with Crippen LogP contribution in [-0.4, -0.2) is 19.6 Å². The van der Waals surface area contributed by atoms with Crippen molar-refractivity contribution in [3.8, 4) is 5.82 Å². The van der Waals surface area contributed by atoms with Crippen molar-refractivity contribution in [1.82, 2.24) is 19.9 Å². The van der Waals surface area contributed by atoms with Crippen molar-refractivity contribution < 1.29 is 0 Å². The number of pyridine rings is 2. The molecule has 160 valence electrons. The van der Waals surface area contributed by atoms with Gasteiger partial charge >= 0.3 is 0 Å². The molecule has 5 nitrogen and oxygen atoms in total. The summed E-state index contributed by atoms with van der Waals surface area (Å²) in [5.41, 5.74) is 6.75. The highest BCUT2D eigenvalue weighted by molar-refractivity contribution is 7.80. The summed E-state index contributed by atoms with van der Waals surface area (Å²) >= 11 is 5.87. The number of aromatic nitrogens is 3. The fourth-order valence-electron chi connectivity index (χ4n) is 4.26. The summed E-state index contributed by atoms with van der Waals surface area (Å²) in [6.07, 6.45) is 5.78. The van der Waals surface area contributed by atoms with Gasteiger partial charge in [-0.3, -0.25) is 4.98 Å². The van der Waals surface area contributed by atoms with Crippen molar-refractivity contribution in [2.75, 3.05) is 4.90 Å². The van der Waals surface area contributed by atoms with Crippen LogP contribution in [0.2, 0.25) is 0 Å². The Morgan fingerprint density at radius 1 is 0.906 bits per heavy atom. The Morgan fingerprint density at radius 2 is 1.78 bits per heavy atom. The van der Waals surface area contributed by atoms with Crippen molar-refractivity contribution in [2.45, 2.75) is 32.9 Å². The number of rotatable bonds is 4. The van der Waals surface area contributed by atoms with Crippen LogP contribution < -0.4 is 10.2 Å². The second-order valence-corrected chi connectivity index (χ2v) is 8.65. The van der Waals surface area contributed by atoms with E-state index in [1.165, 1.54) is 11.1 Å². The first-order valence-corrected chi connectivity index (χ1v) is 11.1. The van der Waals surface area contributed by atoms with Crippen molar-refractivity contribution >= 4 is 23.0 Å². The van der Waals surface area contributed by atoms with Gasteiger partial charge in [-0.15, -0.1) is 0 Å². The summed E-state index contributed by atoms with van der Waals surface area (Å²) in [4.78, 5) is 11.5. The van der Waals surface area contributed by atoms with E-state index in [9.17, 15) is 0 Å². The summed E-state index contributed by atoms with van der Waals surface area (Å²) in [5.74, 6) is 0.883. The normalized spacial score (nSPS) is 18.1. The van der Waals surface area contributed by atoms with E-state index < -0.39 is 0 Å². The van der Waals surface area contributed by atoms with Crippen molar-refractivity contribution in [3.05, 3.63) is 107 Å². The van der Waals surface area contributed by atoms with Crippen LogP contribution in [0.4, 0.5) is 5.69 Å². The summed E-state index contributed by atoms with van der Waals surface area (Å²) in [6.45, 7) is 6.31. The van der Waals surface area contributed by atoms with Crippen LogP contribution in [0.25, 0.3) is 5.82 Å². The van der Waals surface area contributed by atoms with E-state index in [1.807, 2.05) is 31.5 Å². The van der Waals surface area contributed by atoms with Crippen LogP contribution in [0.15, 0.2) is 79.3 Å². The Balaban J connectivity index is 1.67. The second-order valence-electron chi connectivity index (χ2n) is 8.26. The van der Waals surface area contributed by atoms with Gasteiger partial charge in [0.05, 0.1) is 11.7 Å².